The quantitative estimate of drug-likeness (QED) is 0.700. The molecule has 0 N–H and O–H groups in total. The van der Waals surface area contributed by atoms with Crippen LogP contribution in [0.3, 0.4) is 0 Å². The zero-order chi connectivity index (χ0) is 22.3. The Morgan fingerprint density at radius 1 is 1.03 bits per heavy atom. The zero-order valence-electron chi connectivity index (χ0n) is 17.7. The highest BCUT2D eigenvalue weighted by Crippen LogP contribution is 2.29. The number of amides is 1. The Bertz CT molecular complexity index is 1140. The number of likely N-dealkylation sites (tertiary alicyclic amines) is 2. The molecule has 170 valence electrons. The molecule has 0 radical (unpaired) electrons. The fraction of sp³-hybridized carbons (Fsp3) is 0.600. The van der Waals surface area contributed by atoms with Gasteiger partial charge < -0.3 is 14.5 Å². The second kappa shape index (κ2) is 8.27. The van der Waals surface area contributed by atoms with E-state index in [4.69, 9.17) is 4.74 Å². The van der Waals surface area contributed by atoms with E-state index in [0.717, 1.165) is 38.3 Å². The minimum absolute atomic E-state index is 0.0742. The number of fused-ring (bicyclic) bond motifs is 1. The van der Waals surface area contributed by atoms with E-state index in [1.54, 1.807) is 4.90 Å². The first kappa shape index (κ1) is 21.8. The van der Waals surface area contributed by atoms with Crippen molar-refractivity contribution >= 4 is 27.1 Å². The lowest BCUT2D eigenvalue weighted by atomic mass is 9.97. The topological polar surface area (TPSA) is 93.8 Å². The van der Waals surface area contributed by atoms with Crippen LogP contribution >= 0.6 is 0 Å². The summed E-state index contributed by atoms with van der Waals surface area (Å²) in [5.41, 5.74) is -0.139. The Balaban J connectivity index is 1.52. The third kappa shape index (κ3) is 4.08. The van der Waals surface area contributed by atoms with E-state index in [0.29, 0.717) is 41.5 Å². The fourth-order valence-electron chi connectivity index (χ4n) is 4.89. The Morgan fingerprint density at radius 2 is 1.65 bits per heavy atom. The van der Waals surface area contributed by atoms with Crippen molar-refractivity contribution in [3.8, 4) is 0 Å². The number of aromatic nitrogens is 2. The van der Waals surface area contributed by atoms with Gasteiger partial charge in [-0.05, 0) is 37.8 Å². The molecular formula is C20H27FN4O5S. The highest BCUT2D eigenvalue weighted by Gasteiger charge is 2.32. The molecule has 2 saturated heterocycles. The molecule has 2 aliphatic heterocycles. The zero-order valence-corrected chi connectivity index (χ0v) is 18.5. The Kier molecular flexibility index (Phi) is 5.82. The summed E-state index contributed by atoms with van der Waals surface area (Å²) in [6.45, 7) is 2.85. The minimum Gasteiger partial charge on any atom is -0.453 e. The Morgan fingerprint density at radius 3 is 2.23 bits per heavy atom. The van der Waals surface area contributed by atoms with Crippen LogP contribution in [0.4, 0.5) is 9.18 Å². The van der Waals surface area contributed by atoms with Gasteiger partial charge in [0.05, 0.1) is 24.4 Å². The third-order valence-corrected chi connectivity index (χ3v) is 7.42. The molecule has 4 rings (SSSR count). The summed E-state index contributed by atoms with van der Waals surface area (Å²) in [5, 5.41) is 0. The van der Waals surface area contributed by atoms with Crippen molar-refractivity contribution in [2.75, 3.05) is 39.5 Å². The normalized spacial score (nSPS) is 19.8. The van der Waals surface area contributed by atoms with Crippen LogP contribution in [0.1, 0.15) is 31.7 Å². The lowest BCUT2D eigenvalue weighted by molar-refractivity contribution is 0.0686. The maximum atomic E-state index is 13.8. The van der Waals surface area contributed by atoms with Gasteiger partial charge in [0.2, 0.25) is 10.0 Å². The number of halogens is 1. The van der Waals surface area contributed by atoms with Crippen molar-refractivity contribution in [1.82, 2.24) is 18.3 Å². The predicted octanol–water partition coefficient (Wildman–Crippen LogP) is 1.62. The second-order valence-corrected chi connectivity index (χ2v) is 10.1. The van der Waals surface area contributed by atoms with Crippen molar-refractivity contribution < 1.29 is 22.3 Å². The SMILES string of the molecule is COC(=O)N1CCC(N2CCC(n3c(=O)n(S(C)(=O)=O)c4cc(F)ccc43)CC2)CC1. The summed E-state index contributed by atoms with van der Waals surface area (Å²) in [4.78, 5) is 28.8. The Hall–Kier alpha value is -2.40. The molecule has 1 amide bonds. The van der Waals surface area contributed by atoms with Crippen molar-refractivity contribution in [2.45, 2.75) is 37.8 Å². The largest absolute Gasteiger partial charge is 0.453 e. The number of carbonyl (C=O) groups is 1. The number of hydrogen-bond acceptors (Lipinski definition) is 6. The Labute approximate surface area is 180 Å². The van der Waals surface area contributed by atoms with Crippen LogP contribution in [0.25, 0.3) is 11.0 Å². The van der Waals surface area contributed by atoms with Crippen LogP contribution in [-0.2, 0) is 14.8 Å². The summed E-state index contributed by atoms with van der Waals surface area (Å²) < 4.78 is 45.2. The van der Waals surface area contributed by atoms with Crippen LogP contribution in [0.2, 0.25) is 0 Å². The van der Waals surface area contributed by atoms with E-state index in [1.807, 2.05) is 0 Å². The summed E-state index contributed by atoms with van der Waals surface area (Å²) >= 11 is 0. The summed E-state index contributed by atoms with van der Waals surface area (Å²) in [7, 11) is -2.49. The maximum absolute atomic E-state index is 13.8. The van der Waals surface area contributed by atoms with E-state index in [1.165, 1.54) is 23.8 Å². The van der Waals surface area contributed by atoms with E-state index in [9.17, 15) is 22.4 Å². The number of imidazole rings is 1. The van der Waals surface area contributed by atoms with Gasteiger partial charge in [0, 0.05) is 44.3 Å². The van der Waals surface area contributed by atoms with Crippen molar-refractivity contribution in [3.63, 3.8) is 0 Å². The highest BCUT2D eigenvalue weighted by atomic mass is 32.2. The number of rotatable bonds is 3. The molecule has 0 bridgehead atoms. The molecule has 3 heterocycles. The molecular weight excluding hydrogens is 427 g/mol. The smallest absolute Gasteiger partial charge is 0.409 e. The molecule has 2 aliphatic rings. The molecule has 0 unspecified atom stereocenters. The molecule has 2 aromatic rings. The van der Waals surface area contributed by atoms with Crippen LogP contribution in [0, 0.1) is 5.82 Å². The molecule has 0 spiro atoms. The average Bonchev–Trinajstić information content (AvgIpc) is 3.04. The van der Waals surface area contributed by atoms with Crippen molar-refractivity contribution in [3.05, 3.63) is 34.5 Å². The van der Waals surface area contributed by atoms with E-state index < -0.39 is 21.5 Å². The second-order valence-electron chi connectivity index (χ2n) is 8.27. The van der Waals surface area contributed by atoms with Gasteiger partial charge >= 0.3 is 11.8 Å². The molecule has 31 heavy (non-hydrogen) atoms. The number of ether oxygens (including phenoxy) is 1. The maximum Gasteiger partial charge on any atom is 0.409 e. The van der Waals surface area contributed by atoms with E-state index >= 15 is 0 Å². The standard InChI is InChI=1S/C20H27FN4O5S/c1-30-20(27)23-11-5-15(6-12-23)22-9-7-16(8-10-22)24-17-4-3-14(21)13-18(17)25(19(24)26)31(2,28)29/h3-4,13,15-16H,5-12H2,1-2H3. The van der Waals surface area contributed by atoms with Gasteiger partial charge in [0.25, 0.3) is 0 Å². The molecule has 0 saturated carbocycles. The fourth-order valence-corrected chi connectivity index (χ4v) is 5.77. The number of methoxy groups -OCH3 is 1. The van der Waals surface area contributed by atoms with Crippen molar-refractivity contribution in [2.24, 2.45) is 0 Å². The number of nitrogens with zero attached hydrogens (tertiary/aromatic N) is 4. The number of benzene rings is 1. The molecule has 9 nitrogen and oxygen atoms in total. The van der Waals surface area contributed by atoms with E-state index in [-0.39, 0.29) is 17.7 Å². The molecule has 1 aromatic carbocycles. The number of carbonyl (C=O) groups excluding carboxylic acids is 1. The van der Waals surface area contributed by atoms with Gasteiger partial charge in [0.1, 0.15) is 5.82 Å². The van der Waals surface area contributed by atoms with Gasteiger partial charge in [-0.1, -0.05) is 0 Å². The molecule has 1 aromatic heterocycles. The van der Waals surface area contributed by atoms with Crippen LogP contribution in [0.15, 0.2) is 23.0 Å². The summed E-state index contributed by atoms with van der Waals surface area (Å²) in [5.74, 6) is -0.588. The third-order valence-electron chi connectivity index (χ3n) is 6.41. The predicted molar refractivity (Wildman–Crippen MR) is 113 cm³/mol. The van der Waals surface area contributed by atoms with Crippen LogP contribution in [0.5, 0.6) is 0 Å². The lowest BCUT2D eigenvalue weighted by Gasteiger charge is -2.41. The average molecular weight is 455 g/mol. The number of piperidine rings is 2. The molecule has 11 heteroatoms. The monoisotopic (exact) mass is 454 g/mol. The van der Waals surface area contributed by atoms with Gasteiger partial charge in [-0.25, -0.2) is 22.4 Å². The van der Waals surface area contributed by atoms with E-state index in [2.05, 4.69) is 4.90 Å². The van der Waals surface area contributed by atoms with Gasteiger partial charge in [-0.2, -0.15) is 3.97 Å². The first-order valence-electron chi connectivity index (χ1n) is 10.4. The van der Waals surface area contributed by atoms with Crippen LogP contribution < -0.4 is 5.69 Å². The van der Waals surface area contributed by atoms with Crippen LogP contribution in [-0.4, -0.2) is 78.4 Å². The molecule has 0 aliphatic carbocycles. The summed E-state index contributed by atoms with van der Waals surface area (Å²) in [6, 6.07) is 4.02. The number of hydrogen-bond donors (Lipinski definition) is 0. The van der Waals surface area contributed by atoms with Gasteiger partial charge in [-0.3, -0.25) is 4.57 Å². The first-order chi connectivity index (χ1) is 14.7. The van der Waals surface area contributed by atoms with Gasteiger partial charge in [0.15, 0.2) is 0 Å². The minimum atomic E-state index is -3.87. The summed E-state index contributed by atoms with van der Waals surface area (Å²) in [6.07, 6.45) is 3.77. The van der Waals surface area contributed by atoms with Crippen molar-refractivity contribution in [1.29, 1.82) is 0 Å². The first-order valence-corrected chi connectivity index (χ1v) is 12.3. The molecule has 2 fully saturated rings. The molecule has 0 atom stereocenters. The van der Waals surface area contributed by atoms with Gasteiger partial charge in [-0.15, -0.1) is 0 Å². The lowest BCUT2D eigenvalue weighted by Crippen LogP contribution is -2.49. The highest BCUT2D eigenvalue weighted by molar-refractivity contribution is 7.89.